The number of hydrogen-bond acceptors (Lipinski definition) is 3. The van der Waals surface area contributed by atoms with Crippen LogP contribution in [-0.2, 0) is 19.4 Å². The molecule has 1 aliphatic heterocycles. The van der Waals surface area contributed by atoms with E-state index in [1.165, 1.54) is 24.8 Å². The zero-order valence-electron chi connectivity index (χ0n) is 11.2. The molecule has 1 heterocycles. The van der Waals surface area contributed by atoms with Gasteiger partial charge < -0.3 is 10.1 Å². The number of rotatable bonds is 3. The lowest BCUT2D eigenvalue weighted by Crippen LogP contribution is -2.43. The van der Waals surface area contributed by atoms with E-state index in [0.29, 0.717) is 0 Å². The SMILES string of the molecule is COc1ccc2c(c1CN1CCNCC1)CCC2. The third-order valence-electron chi connectivity index (χ3n) is 4.17. The van der Waals surface area contributed by atoms with Crippen molar-refractivity contribution in [2.75, 3.05) is 33.3 Å². The third kappa shape index (κ3) is 2.25. The molecule has 1 aliphatic carbocycles. The third-order valence-corrected chi connectivity index (χ3v) is 4.17. The summed E-state index contributed by atoms with van der Waals surface area (Å²) in [5.41, 5.74) is 4.54. The molecule has 1 N–H and O–H groups in total. The predicted octanol–water partition coefficient (Wildman–Crippen LogP) is 1.59. The molecule has 3 nitrogen and oxygen atoms in total. The Balaban J connectivity index is 1.86. The van der Waals surface area contributed by atoms with Crippen LogP contribution in [-0.4, -0.2) is 38.2 Å². The number of aryl methyl sites for hydroxylation is 1. The zero-order chi connectivity index (χ0) is 12.4. The molecule has 0 bridgehead atoms. The Hall–Kier alpha value is -1.06. The Kier molecular flexibility index (Phi) is 3.52. The van der Waals surface area contributed by atoms with Gasteiger partial charge in [0.1, 0.15) is 5.75 Å². The second-order valence-corrected chi connectivity index (χ2v) is 5.26. The van der Waals surface area contributed by atoms with E-state index in [1.54, 1.807) is 18.2 Å². The molecule has 0 aromatic heterocycles. The van der Waals surface area contributed by atoms with Crippen molar-refractivity contribution in [3.8, 4) is 5.75 Å². The van der Waals surface area contributed by atoms with Gasteiger partial charge in [0, 0.05) is 38.3 Å². The van der Waals surface area contributed by atoms with Gasteiger partial charge in [-0.1, -0.05) is 6.07 Å². The van der Waals surface area contributed by atoms with Crippen molar-refractivity contribution >= 4 is 0 Å². The highest BCUT2D eigenvalue weighted by atomic mass is 16.5. The standard InChI is InChI=1S/C15H22N2O/c1-18-15-6-5-12-3-2-4-13(12)14(15)11-17-9-7-16-8-10-17/h5-6,16H,2-4,7-11H2,1H3. The van der Waals surface area contributed by atoms with Crippen LogP contribution in [0.1, 0.15) is 23.1 Å². The Morgan fingerprint density at radius 1 is 1.22 bits per heavy atom. The number of benzene rings is 1. The molecule has 1 fully saturated rings. The van der Waals surface area contributed by atoms with Crippen molar-refractivity contribution in [1.29, 1.82) is 0 Å². The molecule has 0 atom stereocenters. The Bertz CT molecular complexity index is 425. The van der Waals surface area contributed by atoms with Crippen LogP contribution in [0.2, 0.25) is 0 Å². The minimum Gasteiger partial charge on any atom is -0.496 e. The lowest BCUT2D eigenvalue weighted by molar-refractivity contribution is 0.229. The molecule has 2 aliphatic rings. The Morgan fingerprint density at radius 3 is 2.83 bits per heavy atom. The maximum atomic E-state index is 5.57. The average molecular weight is 246 g/mol. The molecular weight excluding hydrogens is 224 g/mol. The quantitative estimate of drug-likeness (QED) is 0.876. The first-order valence-electron chi connectivity index (χ1n) is 6.99. The van der Waals surface area contributed by atoms with Gasteiger partial charge >= 0.3 is 0 Å². The summed E-state index contributed by atoms with van der Waals surface area (Å²) in [7, 11) is 1.79. The first-order valence-corrected chi connectivity index (χ1v) is 6.99. The molecule has 0 saturated carbocycles. The van der Waals surface area contributed by atoms with Crippen molar-refractivity contribution in [3.63, 3.8) is 0 Å². The molecule has 1 aromatic rings. The summed E-state index contributed by atoms with van der Waals surface area (Å²) < 4.78 is 5.57. The van der Waals surface area contributed by atoms with E-state index in [2.05, 4.69) is 22.3 Å². The summed E-state index contributed by atoms with van der Waals surface area (Å²) in [6.45, 7) is 5.56. The monoisotopic (exact) mass is 246 g/mol. The van der Waals surface area contributed by atoms with Gasteiger partial charge in [0.05, 0.1) is 7.11 Å². The number of piperazine rings is 1. The van der Waals surface area contributed by atoms with E-state index in [9.17, 15) is 0 Å². The van der Waals surface area contributed by atoms with Gasteiger partial charge in [-0.25, -0.2) is 0 Å². The van der Waals surface area contributed by atoms with Crippen LogP contribution in [0.5, 0.6) is 5.75 Å². The summed E-state index contributed by atoms with van der Waals surface area (Å²) in [6.07, 6.45) is 3.78. The van der Waals surface area contributed by atoms with Gasteiger partial charge in [0.2, 0.25) is 0 Å². The van der Waals surface area contributed by atoms with Gasteiger partial charge in [-0.15, -0.1) is 0 Å². The van der Waals surface area contributed by atoms with Crippen molar-refractivity contribution < 1.29 is 4.74 Å². The van der Waals surface area contributed by atoms with Gasteiger partial charge in [-0.05, 0) is 36.5 Å². The predicted molar refractivity (Wildman–Crippen MR) is 73.2 cm³/mol. The highest BCUT2D eigenvalue weighted by molar-refractivity contribution is 5.47. The topological polar surface area (TPSA) is 24.5 Å². The van der Waals surface area contributed by atoms with Crippen molar-refractivity contribution in [2.45, 2.75) is 25.8 Å². The highest BCUT2D eigenvalue weighted by Gasteiger charge is 2.20. The van der Waals surface area contributed by atoms with E-state index in [0.717, 1.165) is 38.5 Å². The Morgan fingerprint density at radius 2 is 2.06 bits per heavy atom. The van der Waals surface area contributed by atoms with Crippen LogP contribution in [0.3, 0.4) is 0 Å². The molecule has 0 radical (unpaired) electrons. The smallest absolute Gasteiger partial charge is 0.123 e. The maximum Gasteiger partial charge on any atom is 0.123 e. The molecule has 3 rings (SSSR count). The summed E-state index contributed by atoms with van der Waals surface area (Å²) in [5, 5.41) is 3.41. The molecule has 3 heteroatoms. The largest absolute Gasteiger partial charge is 0.496 e. The van der Waals surface area contributed by atoms with Crippen LogP contribution >= 0.6 is 0 Å². The van der Waals surface area contributed by atoms with E-state index < -0.39 is 0 Å². The molecule has 0 spiro atoms. The second kappa shape index (κ2) is 5.29. The summed E-state index contributed by atoms with van der Waals surface area (Å²) in [4.78, 5) is 2.53. The van der Waals surface area contributed by atoms with Crippen LogP contribution < -0.4 is 10.1 Å². The molecule has 18 heavy (non-hydrogen) atoms. The fourth-order valence-electron chi connectivity index (χ4n) is 3.18. The number of hydrogen-bond donors (Lipinski definition) is 1. The van der Waals surface area contributed by atoms with Crippen LogP contribution in [0, 0.1) is 0 Å². The highest BCUT2D eigenvalue weighted by Crippen LogP contribution is 2.32. The molecular formula is C15H22N2O. The van der Waals surface area contributed by atoms with Gasteiger partial charge in [-0.3, -0.25) is 4.90 Å². The normalized spacial score (nSPS) is 19.8. The Labute approximate surface area is 109 Å². The lowest BCUT2D eigenvalue weighted by atomic mass is 10.0. The van der Waals surface area contributed by atoms with Crippen LogP contribution in [0.25, 0.3) is 0 Å². The van der Waals surface area contributed by atoms with Crippen LogP contribution in [0.4, 0.5) is 0 Å². The number of nitrogens with zero attached hydrogens (tertiary/aromatic N) is 1. The van der Waals surface area contributed by atoms with Gasteiger partial charge in [0.15, 0.2) is 0 Å². The first-order chi connectivity index (χ1) is 8.88. The minimum absolute atomic E-state index is 1.05. The molecule has 1 saturated heterocycles. The van der Waals surface area contributed by atoms with Crippen molar-refractivity contribution in [3.05, 3.63) is 28.8 Å². The number of methoxy groups -OCH3 is 1. The van der Waals surface area contributed by atoms with Gasteiger partial charge in [0.25, 0.3) is 0 Å². The van der Waals surface area contributed by atoms with Crippen LogP contribution in [0.15, 0.2) is 12.1 Å². The fourth-order valence-corrected chi connectivity index (χ4v) is 3.18. The number of ether oxygens (including phenoxy) is 1. The molecule has 1 aromatic carbocycles. The molecule has 0 amide bonds. The van der Waals surface area contributed by atoms with E-state index in [4.69, 9.17) is 4.74 Å². The average Bonchev–Trinajstić information content (AvgIpc) is 2.89. The van der Waals surface area contributed by atoms with Crippen molar-refractivity contribution in [1.82, 2.24) is 10.2 Å². The van der Waals surface area contributed by atoms with Crippen molar-refractivity contribution in [2.24, 2.45) is 0 Å². The van der Waals surface area contributed by atoms with E-state index in [-0.39, 0.29) is 0 Å². The first kappa shape index (κ1) is 12.0. The second-order valence-electron chi connectivity index (χ2n) is 5.26. The minimum atomic E-state index is 1.05. The summed E-state index contributed by atoms with van der Waals surface area (Å²) >= 11 is 0. The fraction of sp³-hybridized carbons (Fsp3) is 0.600. The zero-order valence-corrected chi connectivity index (χ0v) is 11.2. The summed E-state index contributed by atoms with van der Waals surface area (Å²) in [6, 6.07) is 4.41. The van der Waals surface area contributed by atoms with E-state index in [1.807, 2.05) is 0 Å². The molecule has 0 unspecified atom stereocenters. The molecule has 98 valence electrons. The lowest BCUT2D eigenvalue weighted by Gasteiger charge is -2.28. The maximum absolute atomic E-state index is 5.57. The number of fused-ring (bicyclic) bond motifs is 1. The number of nitrogens with one attached hydrogen (secondary N) is 1. The summed E-state index contributed by atoms with van der Waals surface area (Å²) in [5.74, 6) is 1.08. The van der Waals surface area contributed by atoms with E-state index >= 15 is 0 Å². The van der Waals surface area contributed by atoms with Gasteiger partial charge in [-0.2, -0.15) is 0 Å².